The summed E-state index contributed by atoms with van der Waals surface area (Å²) in [7, 11) is 0. The third kappa shape index (κ3) is 6.00. The number of benzene rings is 2. The molecule has 1 fully saturated rings. The van der Waals surface area contributed by atoms with E-state index in [1.165, 1.54) is 0 Å². The average molecular weight is 425 g/mol. The van der Waals surface area contributed by atoms with Gasteiger partial charge >= 0.3 is 0 Å². The number of rotatable bonds is 9. The maximum atomic E-state index is 13.0. The zero-order chi connectivity index (χ0) is 22.1. The van der Waals surface area contributed by atoms with Crippen molar-refractivity contribution in [3.63, 3.8) is 0 Å². The van der Waals surface area contributed by atoms with Gasteiger partial charge in [0.2, 0.25) is 0 Å². The highest BCUT2D eigenvalue weighted by molar-refractivity contribution is 6.09. The monoisotopic (exact) mass is 424 g/mol. The molecule has 3 rings (SSSR count). The molecular weight excluding hydrogens is 392 g/mol. The van der Waals surface area contributed by atoms with Crippen LogP contribution in [0.25, 0.3) is 0 Å². The van der Waals surface area contributed by atoms with E-state index in [2.05, 4.69) is 5.32 Å². The summed E-state index contributed by atoms with van der Waals surface area (Å²) >= 11 is 0. The minimum atomic E-state index is -0.290. The average Bonchev–Trinajstić information content (AvgIpc) is 2.82. The molecule has 0 atom stereocenters. The van der Waals surface area contributed by atoms with E-state index in [1.54, 1.807) is 30.3 Å². The normalized spacial score (nSPS) is 13.5. The molecule has 1 aliphatic heterocycles. The second kappa shape index (κ2) is 11.4. The van der Waals surface area contributed by atoms with Gasteiger partial charge in [0.1, 0.15) is 0 Å². The number of amides is 2. The Balaban J connectivity index is 1.79. The molecule has 2 amide bonds. The van der Waals surface area contributed by atoms with Crippen LogP contribution in [0.4, 0.5) is 5.69 Å². The van der Waals surface area contributed by atoms with Crippen molar-refractivity contribution in [1.82, 2.24) is 4.90 Å². The van der Waals surface area contributed by atoms with Crippen molar-refractivity contribution < 1.29 is 19.1 Å². The first-order valence-electron chi connectivity index (χ1n) is 11.2. The highest BCUT2D eigenvalue weighted by Gasteiger charge is 2.22. The van der Waals surface area contributed by atoms with Crippen molar-refractivity contribution >= 4 is 17.5 Å². The van der Waals surface area contributed by atoms with Crippen LogP contribution in [0.3, 0.4) is 0 Å². The molecule has 166 valence electrons. The molecule has 6 heteroatoms. The third-order valence-electron chi connectivity index (χ3n) is 5.18. The molecule has 2 aromatic carbocycles. The van der Waals surface area contributed by atoms with Gasteiger partial charge in [-0.25, -0.2) is 0 Å². The van der Waals surface area contributed by atoms with E-state index in [9.17, 15) is 9.59 Å². The molecule has 2 aromatic rings. The number of likely N-dealkylation sites (tertiary alicyclic amines) is 1. The van der Waals surface area contributed by atoms with Crippen molar-refractivity contribution in [3.05, 3.63) is 53.6 Å². The Morgan fingerprint density at radius 3 is 2.29 bits per heavy atom. The number of nitrogens with zero attached hydrogens (tertiary/aromatic N) is 1. The lowest BCUT2D eigenvalue weighted by Crippen LogP contribution is -2.36. The number of anilines is 1. The minimum Gasteiger partial charge on any atom is -0.490 e. The molecule has 6 nitrogen and oxygen atoms in total. The van der Waals surface area contributed by atoms with Crippen molar-refractivity contribution in [2.45, 2.75) is 46.0 Å². The number of hydrogen-bond acceptors (Lipinski definition) is 4. The zero-order valence-corrected chi connectivity index (χ0v) is 18.5. The molecule has 0 spiro atoms. The Morgan fingerprint density at radius 2 is 1.58 bits per heavy atom. The van der Waals surface area contributed by atoms with Gasteiger partial charge in [-0.2, -0.15) is 0 Å². The van der Waals surface area contributed by atoms with Gasteiger partial charge in [-0.1, -0.05) is 26.0 Å². The Morgan fingerprint density at radius 1 is 0.903 bits per heavy atom. The number of hydrogen-bond donors (Lipinski definition) is 1. The maximum Gasteiger partial charge on any atom is 0.255 e. The summed E-state index contributed by atoms with van der Waals surface area (Å²) in [6.45, 7) is 6.72. The van der Waals surface area contributed by atoms with Crippen LogP contribution in [0.5, 0.6) is 11.5 Å². The molecule has 1 aliphatic rings. The SMILES string of the molecule is CCCOc1ccc(C(=O)Nc2ccccc2C(=O)N2CCCCC2)cc1OCCC. The van der Waals surface area contributed by atoms with Crippen molar-refractivity contribution in [2.24, 2.45) is 0 Å². The second-order valence-electron chi connectivity index (χ2n) is 7.71. The standard InChI is InChI=1S/C25H32N2O4/c1-3-16-30-22-13-12-19(18-23(22)31-17-4-2)24(28)26-21-11-7-6-10-20(21)25(29)27-14-8-5-9-15-27/h6-7,10-13,18H,3-5,8-9,14-17H2,1-2H3,(H,26,28). The van der Waals surface area contributed by atoms with Crippen molar-refractivity contribution in [2.75, 3.05) is 31.6 Å². The first kappa shape index (κ1) is 22.7. The number of ether oxygens (including phenoxy) is 2. The number of nitrogens with one attached hydrogen (secondary N) is 1. The van der Waals surface area contributed by atoms with Gasteiger partial charge < -0.3 is 19.7 Å². The molecule has 1 heterocycles. The van der Waals surface area contributed by atoms with Crippen LogP contribution in [0, 0.1) is 0 Å². The predicted molar refractivity (Wildman–Crippen MR) is 122 cm³/mol. The van der Waals surface area contributed by atoms with Crippen molar-refractivity contribution in [1.29, 1.82) is 0 Å². The third-order valence-corrected chi connectivity index (χ3v) is 5.18. The molecule has 31 heavy (non-hydrogen) atoms. The maximum absolute atomic E-state index is 13.0. The molecule has 0 radical (unpaired) electrons. The smallest absolute Gasteiger partial charge is 0.255 e. The van der Waals surface area contributed by atoms with Gasteiger partial charge in [0.05, 0.1) is 24.5 Å². The number of para-hydroxylation sites is 1. The van der Waals surface area contributed by atoms with E-state index in [1.807, 2.05) is 30.9 Å². The van der Waals surface area contributed by atoms with Crippen LogP contribution in [0.15, 0.2) is 42.5 Å². The molecular formula is C25H32N2O4. The zero-order valence-electron chi connectivity index (χ0n) is 18.5. The quantitative estimate of drug-likeness (QED) is 0.605. The fourth-order valence-corrected chi connectivity index (χ4v) is 3.55. The van der Waals surface area contributed by atoms with E-state index in [0.29, 0.717) is 41.5 Å². The highest BCUT2D eigenvalue weighted by Crippen LogP contribution is 2.29. The van der Waals surface area contributed by atoms with Gasteiger partial charge in [-0.05, 0) is 62.4 Å². The van der Waals surface area contributed by atoms with Crippen LogP contribution in [-0.4, -0.2) is 43.0 Å². The molecule has 1 saturated heterocycles. The van der Waals surface area contributed by atoms with E-state index >= 15 is 0 Å². The van der Waals surface area contributed by atoms with Gasteiger partial charge in [0.15, 0.2) is 11.5 Å². The fourth-order valence-electron chi connectivity index (χ4n) is 3.55. The van der Waals surface area contributed by atoms with Crippen molar-refractivity contribution in [3.8, 4) is 11.5 Å². The van der Waals surface area contributed by atoms with E-state index in [4.69, 9.17) is 9.47 Å². The molecule has 0 unspecified atom stereocenters. The minimum absolute atomic E-state index is 0.0362. The first-order valence-corrected chi connectivity index (χ1v) is 11.2. The Labute approximate surface area is 184 Å². The molecule has 0 bridgehead atoms. The highest BCUT2D eigenvalue weighted by atomic mass is 16.5. The van der Waals surface area contributed by atoms with Gasteiger partial charge in [0.25, 0.3) is 11.8 Å². The van der Waals surface area contributed by atoms with Gasteiger partial charge in [-0.15, -0.1) is 0 Å². The molecule has 0 aromatic heterocycles. The summed E-state index contributed by atoms with van der Waals surface area (Å²) in [6.07, 6.45) is 4.94. The summed E-state index contributed by atoms with van der Waals surface area (Å²) in [6, 6.07) is 12.4. The largest absolute Gasteiger partial charge is 0.490 e. The summed E-state index contributed by atoms with van der Waals surface area (Å²) in [5, 5.41) is 2.91. The van der Waals surface area contributed by atoms with Gasteiger partial charge in [-0.3, -0.25) is 9.59 Å². The number of piperidine rings is 1. The molecule has 1 N–H and O–H groups in total. The van der Waals surface area contributed by atoms with E-state index < -0.39 is 0 Å². The van der Waals surface area contributed by atoms with Crippen LogP contribution >= 0.6 is 0 Å². The molecule has 0 aliphatic carbocycles. The lowest BCUT2D eigenvalue weighted by atomic mass is 10.1. The van der Waals surface area contributed by atoms with Crippen LogP contribution in [-0.2, 0) is 0 Å². The Bertz CT molecular complexity index is 891. The van der Waals surface area contributed by atoms with E-state index in [-0.39, 0.29) is 11.8 Å². The lowest BCUT2D eigenvalue weighted by Gasteiger charge is -2.27. The van der Waals surface area contributed by atoms with Gasteiger partial charge in [0, 0.05) is 18.7 Å². The van der Waals surface area contributed by atoms with Crippen LogP contribution < -0.4 is 14.8 Å². The fraction of sp³-hybridized carbons (Fsp3) is 0.440. The topological polar surface area (TPSA) is 67.9 Å². The lowest BCUT2D eigenvalue weighted by molar-refractivity contribution is 0.0725. The Hall–Kier alpha value is -3.02. The molecule has 0 saturated carbocycles. The van der Waals surface area contributed by atoms with Crippen LogP contribution in [0.1, 0.15) is 66.7 Å². The number of carbonyl (C=O) groups is 2. The summed E-state index contributed by atoms with van der Waals surface area (Å²) < 4.78 is 11.5. The number of carbonyl (C=O) groups excluding carboxylic acids is 2. The summed E-state index contributed by atoms with van der Waals surface area (Å²) in [4.78, 5) is 27.8. The summed E-state index contributed by atoms with van der Waals surface area (Å²) in [5.41, 5.74) is 1.49. The van der Waals surface area contributed by atoms with E-state index in [0.717, 1.165) is 45.2 Å². The Kier molecular flexibility index (Phi) is 8.33. The first-order chi connectivity index (χ1) is 15.1. The summed E-state index contributed by atoms with van der Waals surface area (Å²) in [5.74, 6) is 0.862. The predicted octanol–water partition coefficient (Wildman–Crippen LogP) is 5.14. The second-order valence-corrected chi connectivity index (χ2v) is 7.71. The van der Waals surface area contributed by atoms with Crippen LogP contribution in [0.2, 0.25) is 0 Å².